The van der Waals surface area contributed by atoms with Gasteiger partial charge in [-0.15, -0.1) is 0 Å². The Morgan fingerprint density at radius 3 is 0.855 bits per heavy atom. The number of hydrogen-bond acceptors (Lipinski definition) is 6. The first kappa shape index (κ1) is 63.9. The second kappa shape index (κ2) is 51.2. The smallest absolute Gasteiger partial charge is 0.339 e. The van der Waals surface area contributed by atoms with Gasteiger partial charge >= 0.3 is 17.9 Å². The van der Waals surface area contributed by atoms with Crippen molar-refractivity contribution in [3.8, 4) is 0 Å². The van der Waals surface area contributed by atoms with Crippen LogP contribution in [-0.4, -0.2) is 37.7 Å². The Balaban J connectivity index is 2.46. The molecule has 1 aromatic rings. The topological polar surface area (TPSA) is 78.9 Å². The number of allylic oxidation sites excluding steroid dienone is 6. The van der Waals surface area contributed by atoms with Crippen LogP contribution in [0.25, 0.3) is 0 Å². The van der Waals surface area contributed by atoms with Crippen LogP contribution in [0.1, 0.15) is 322 Å². The Labute approximate surface area is 426 Å². The lowest BCUT2D eigenvalue weighted by molar-refractivity contribution is 0.0447. The number of rotatable bonds is 51. The quantitative estimate of drug-likeness (QED) is 0.0280. The number of benzene rings is 1. The standard InChI is InChI=1S/C63H108O6/c1-4-7-10-13-16-19-22-25-28-31-34-37-40-43-46-49-54-67-61(64)58-52-53-59(62(65)68-55-50-47-44-41-38-35-32-29-26-23-20-17-14-11-8-5-2)60(57-58)63(66)69-56-51-48-45-42-39-36-33-30-27-24-21-18-15-12-9-6-3/h16-21,52-53,57H,4-15,22-51,54-56H2,1-3H3/b19-16+,20-17+,21-18+. The Hall–Kier alpha value is -3.15. The van der Waals surface area contributed by atoms with Crippen LogP contribution >= 0.6 is 0 Å². The van der Waals surface area contributed by atoms with Gasteiger partial charge in [0.2, 0.25) is 0 Å². The van der Waals surface area contributed by atoms with E-state index in [2.05, 4.69) is 57.2 Å². The number of carbonyl (C=O) groups excluding carboxylic acids is 3. The summed E-state index contributed by atoms with van der Waals surface area (Å²) in [7, 11) is 0. The molecule has 0 spiro atoms. The Kier molecular flexibility index (Phi) is 47.4. The molecule has 0 aliphatic heterocycles. The van der Waals surface area contributed by atoms with Gasteiger partial charge in [-0.2, -0.15) is 0 Å². The fourth-order valence-corrected chi connectivity index (χ4v) is 8.80. The van der Waals surface area contributed by atoms with Gasteiger partial charge in [-0.3, -0.25) is 0 Å². The summed E-state index contributed by atoms with van der Waals surface area (Å²) in [6.45, 7) is 7.68. The van der Waals surface area contributed by atoms with Crippen molar-refractivity contribution in [1.82, 2.24) is 0 Å². The molecule has 1 aromatic carbocycles. The third-order valence-electron chi connectivity index (χ3n) is 13.4. The lowest BCUT2D eigenvalue weighted by Crippen LogP contribution is -2.17. The summed E-state index contributed by atoms with van der Waals surface area (Å²) in [6.07, 6.45) is 65.0. The summed E-state index contributed by atoms with van der Waals surface area (Å²) in [5.74, 6) is -1.64. The first-order chi connectivity index (χ1) is 34.0. The molecule has 0 aromatic heterocycles. The van der Waals surface area contributed by atoms with Gasteiger partial charge in [-0.25, -0.2) is 14.4 Å². The zero-order valence-corrected chi connectivity index (χ0v) is 45.5. The van der Waals surface area contributed by atoms with Crippen LogP contribution in [-0.2, 0) is 14.2 Å². The van der Waals surface area contributed by atoms with E-state index in [1.165, 1.54) is 224 Å². The van der Waals surface area contributed by atoms with Crippen LogP contribution in [0.3, 0.4) is 0 Å². The number of carbonyl (C=O) groups is 3. The molecule has 0 aliphatic rings. The molecule has 0 amide bonds. The van der Waals surface area contributed by atoms with Crippen LogP contribution in [0.15, 0.2) is 54.7 Å². The summed E-state index contributed by atoms with van der Waals surface area (Å²) < 4.78 is 17.0. The second-order valence-electron chi connectivity index (χ2n) is 20.0. The second-order valence-corrected chi connectivity index (χ2v) is 20.0. The summed E-state index contributed by atoms with van der Waals surface area (Å²) in [6, 6.07) is 4.55. The fraction of sp³-hybridized carbons (Fsp3) is 0.762. The molecule has 0 N–H and O–H groups in total. The zero-order chi connectivity index (χ0) is 49.8. The van der Waals surface area contributed by atoms with E-state index in [0.29, 0.717) is 13.2 Å². The Bertz CT molecular complexity index is 1410. The number of esters is 3. The summed E-state index contributed by atoms with van der Waals surface area (Å²) >= 11 is 0. The van der Waals surface area contributed by atoms with Gasteiger partial charge in [-0.05, 0) is 115 Å². The van der Waals surface area contributed by atoms with Crippen LogP contribution < -0.4 is 0 Å². The molecule has 0 atom stereocenters. The molecule has 0 heterocycles. The van der Waals surface area contributed by atoms with Crippen LogP contribution in [0.5, 0.6) is 0 Å². The van der Waals surface area contributed by atoms with Gasteiger partial charge < -0.3 is 14.2 Å². The van der Waals surface area contributed by atoms with Gasteiger partial charge in [0, 0.05) is 0 Å². The van der Waals surface area contributed by atoms with E-state index in [0.717, 1.165) is 57.8 Å². The number of hydrogen-bond donors (Lipinski definition) is 0. The SMILES string of the molecule is CCCCC/C=C/CCCCCCCCCCCOC(=O)c1ccc(C(=O)OCCCCCCCCCCC/C=C/CCCCC)c(C(=O)OCCCCCCCCCCC/C=C/CCCCC)c1. The zero-order valence-electron chi connectivity index (χ0n) is 45.5. The lowest BCUT2D eigenvalue weighted by atomic mass is 10.0. The normalized spacial score (nSPS) is 11.7. The summed E-state index contributed by atoms with van der Waals surface area (Å²) in [5.41, 5.74) is 0.462. The van der Waals surface area contributed by atoms with Crippen molar-refractivity contribution in [2.24, 2.45) is 0 Å². The van der Waals surface area contributed by atoms with E-state index < -0.39 is 17.9 Å². The monoisotopic (exact) mass is 961 g/mol. The van der Waals surface area contributed by atoms with Gasteiger partial charge in [0.1, 0.15) is 0 Å². The first-order valence-corrected chi connectivity index (χ1v) is 29.6. The maximum Gasteiger partial charge on any atom is 0.339 e. The molecule has 0 saturated heterocycles. The first-order valence-electron chi connectivity index (χ1n) is 29.6. The maximum absolute atomic E-state index is 13.5. The Morgan fingerprint density at radius 2 is 0.551 bits per heavy atom. The molecule has 0 unspecified atom stereocenters. The summed E-state index contributed by atoms with van der Waals surface area (Å²) in [4.78, 5) is 39.9. The molecular formula is C63H108O6. The third-order valence-corrected chi connectivity index (χ3v) is 13.4. The van der Waals surface area contributed by atoms with Crippen molar-refractivity contribution in [3.05, 3.63) is 71.3 Å². The molecular weight excluding hydrogens is 853 g/mol. The minimum atomic E-state index is -0.596. The van der Waals surface area contributed by atoms with Crippen LogP contribution in [0.2, 0.25) is 0 Å². The largest absolute Gasteiger partial charge is 0.462 e. The fourth-order valence-electron chi connectivity index (χ4n) is 8.80. The molecule has 396 valence electrons. The van der Waals surface area contributed by atoms with Crippen molar-refractivity contribution in [3.63, 3.8) is 0 Å². The van der Waals surface area contributed by atoms with E-state index in [1.807, 2.05) is 0 Å². The highest BCUT2D eigenvalue weighted by molar-refractivity contribution is 6.05. The van der Waals surface area contributed by atoms with Crippen molar-refractivity contribution >= 4 is 17.9 Å². The van der Waals surface area contributed by atoms with Crippen molar-refractivity contribution in [2.75, 3.05) is 19.8 Å². The van der Waals surface area contributed by atoms with Crippen molar-refractivity contribution in [1.29, 1.82) is 0 Å². The highest BCUT2D eigenvalue weighted by Gasteiger charge is 2.22. The van der Waals surface area contributed by atoms with E-state index in [4.69, 9.17) is 14.2 Å². The van der Waals surface area contributed by atoms with Gasteiger partial charge in [0.25, 0.3) is 0 Å². The third kappa shape index (κ3) is 41.2. The predicted octanol–water partition coefficient (Wildman–Crippen LogP) is 20.3. The number of ether oxygens (including phenoxy) is 3. The van der Waals surface area contributed by atoms with E-state index in [9.17, 15) is 14.4 Å². The van der Waals surface area contributed by atoms with E-state index >= 15 is 0 Å². The molecule has 69 heavy (non-hydrogen) atoms. The van der Waals surface area contributed by atoms with Gasteiger partial charge in [-0.1, -0.05) is 231 Å². The molecule has 6 heteroatoms. The van der Waals surface area contributed by atoms with E-state index in [1.54, 1.807) is 6.07 Å². The predicted molar refractivity (Wildman–Crippen MR) is 296 cm³/mol. The molecule has 0 aliphatic carbocycles. The average molecular weight is 962 g/mol. The summed E-state index contributed by atoms with van der Waals surface area (Å²) in [5, 5.41) is 0. The van der Waals surface area contributed by atoms with Crippen molar-refractivity contribution in [2.45, 2.75) is 290 Å². The average Bonchev–Trinajstić information content (AvgIpc) is 3.36. The van der Waals surface area contributed by atoms with Crippen LogP contribution in [0.4, 0.5) is 0 Å². The molecule has 1 rings (SSSR count). The Morgan fingerprint density at radius 1 is 0.304 bits per heavy atom. The minimum absolute atomic E-state index is 0.0725. The lowest BCUT2D eigenvalue weighted by Gasteiger charge is -2.12. The molecule has 6 nitrogen and oxygen atoms in total. The van der Waals surface area contributed by atoms with Gasteiger partial charge in [0.15, 0.2) is 0 Å². The maximum atomic E-state index is 13.5. The molecule has 0 bridgehead atoms. The molecule has 0 radical (unpaired) electrons. The molecule has 0 fully saturated rings. The highest BCUT2D eigenvalue weighted by atomic mass is 16.5. The van der Waals surface area contributed by atoms with Crippen molar-refractivity contribution < 1.29 is 28.6 Å². The number of unbranched alkanes of at least 4 members (excludes halogenated alkanes) is 36. The van der Waals surface area contributed by atoms with Crippen LogP contribution in [0, 0.1) is 0 Å². The van der Waals surface area contributed by atoms with Gasteiger partial charge in [0.05, 0.1) is 36.5 Å². The minimum Gasteiger partial charge on any atom is -0.462 e. The molecule has 0 saturated carbocycles. The van der Waals surface area contributed by atoms with E-state index in [-0.39, 0.29) is 23.3 Å². The highest BCUT2D eigenvalue weighted by Crippen LogP contribution is 2.19.